The van der Waals surface area contributed by atoms with Crippen LogP contribution in [-0.2, 0) is 19.1 Å². The van der Waals surface area contributed by atoms with E-state index in [0.29, 0.717) is 22.2 Å². The quantitative estimate of drug-likeness (QED) is 0.463. The van der Waals surface area contributed by atoms with Gasteiger partial charge in [-0.25, -0.2) is 14.6 Å². The van der Waals surface area contributed by atoms with Crippen LogP contribution in [0.3, 0.4) is 0 Å². The van der Waals surface area contributed by atoms with Crippen LogP contribution in [0.15, 0.2) is 46.0 Å². The van der Waals surface area contributed by atoms with Gasteiger partial charge in [-0.2, -0.15) is 5.26 Å². The van der Waals surface area contributed by atoms with Gasteiger partial charge in [0.05, 0.1) is 38.1 Å². The smallest absolute Gasteiger partial charge is 0.338 e. The Morgan fingerprint density at radius 2 is 1.97 bits per heavy atom. The summed E-state index contributed by atoms with van der Waals surface area (Å²) in [6, 6.07) is 5.89. The van der Waals surface area contributed by atoms with E-state index in [1.54, 1.807) is 32.2 Å². The van der Waals surface area contributed by atoms with Crippen molar-refractivity contribution in [3.8, 4) is 17.6 Å². The number of nitrogens with one attached hydrogen (secondary N) is 1. The number of hydrogen-bond acceptors (Lipinski definition) is 12. The molecule has 0 spiro atoms. The number of amidine groups is 1. The average Bonchev–Trinajstić information content (AvgIpc) is 3.37. The zero-order chi connectivity index (χ0) is 28.4. The highest BCUT2D eigenvalue weighted by Crippen LogP contribution is 2.43. The van der Waals surface area contributed by atoms with Crippen LogP contribution in [0.5, 0.6) is 11.5 Å². The first-order valence-corrected chi connectivity index (χ1v) is 12.9. The number of nitriles is 1. The number of benzene rings is 1. The van der Waals surface area contributed by atoms with Crippen LogP contribution in [0.4, 0.5) is 4.79 Å². The van der Waals surface area contributed by atoms with Crippen LogP contribution >= 0.6 is 11.8 Å². The highest BCUT2D eigenvalue weighted by Gasteiger charge is 2.47. The molecule has 3 amide bonds. The molecule has 39 heavy (non-hydrogen) atoms. The molecule has 1 aromatic rings. The first-order chi connectivity index (χ1) is 18.7. The number of esters is 1. The van der Waals surface area contributed by atoms with Gasteiger partial charge in [0.25, 0.3) is 5.91 Å². The molecule has 14 heteroatoms. The zero-order valence-electron chi connectivity index (χ0n) is 22.0. The van der Waals surface area contributed by atoms with Crippen LogP contribution < -0.4 is 20.5 Å². The third-order valence-electron chi connectivity index (χ3n) is 6.48. The maximum atomic E-state index is 13.3. The lowest BCUT2D eigenvalue weighted by molar-refractivity contribution is -0.139. The summed E-state index contributed by atoms with van der Waals surface area (Å²) in [6.07, 6.45) is -0.704. The fraction of sp³-hybridized carbons (Fsp3) is 0.400. The average molecular weight is 557 g/mol. The first kappa shape index (κ1) is 27.6. The van der Waals surface area contributed by atoms with E-state index in [0.717, 1.165) is 16.7 Å². The second kappa shape index (κ2) is 11.2. The Kier molecular flexibility index (Phi) is 7.91. The number of carbonyl (C=O) groups excluding carboxylic acids is 3. The van der Waals surface area contributed by atoms with E-state index in [4.69, 9.17) is 24.7 Å². The number of nitrogens with two attached hydrogens (primary N) is 1. The lowest BCUT2D eigenvalue weighted by Crippen LogP contribution is -2.63. The van der Waals surface area contributed by atoms with Crippen molar-refractivity contribution in [2.75, 3.05) is 40.7 Å². The Hall–Kier alpha value is -4.38. The molecule has 0 aromatic heterocycles. The maximum absolute atomic E-state index is 13.3. The molecular formula is C25H28N6O7S. The lowest BCUT2D eigenvalue weighted by Gasteiger charge is -2.36. The number of hydrogen-bond donors (Lipinski definition) is 2. The Bertz CT molecular complexity index is 1350. The van der Waals surface area contributed by atoms with Crippen LogP contribution in [0, 0.1) is 11.3 Å². The fourth-order valence-corrected chi connectivity index (χ4v) is 5.40. The van der Waals surface area contributed by atoms with Gasteiger partial charge in [-0.1, -0.05) is 17.8 Å². The molecule has 0 unspecified atom stereocenters. The van der Waals surface area contributed by atoms with Crippen molar-refractivity contribution in [3.63, 3.8) is 0 Å². The monoisotopic (exact) mass is 556 g/mol. The summed E-state index contributed by atoms with van der Waals surface area (Å²) < 4.78 is 21.9. The summed E-state index contributed by atoms with van der Waals surface area (Å²) in [5, 5.41) is 13.4. The summed E-state index contributed by atoms with van der Waals surface area (Å²) >= 11 is 1.16. The van der Waals surface area contributed by atoms with Gasteiger partial charge in [0.2, 0.25) is 5.88 Å². The van der Waals surface area contributed by atoms with Crippen LogP contribution in [0.1, 0.15) is 18.4 Å². The number of carbonyl (C=O) groups is 3. The number of methoxy groups -OCH3 is 2. The molecule has 0 aliphatic carbocycles. The molecule has 1 saturated heterocycles. The number of aliphatic imine (C=N–C) groups is 1. The van der Waals surface area contributed by atoms with Crippen molar-refractivity contribution < 1.29 is 33.3 Å². The standard InChI is InChI=1S/C25H28N6O7S/c1-6-37-23(33)18-16(11-39-24-28-19-21(29-24)30(2)25(34)31(3)22(19)32)38-20(27)13(10-26)17(18)12-7-8-14(35-4)15(9-12)36-5/h7-9,17,19,21H,6,11,27H2,1-5H3,(H,28,29)/t17-,19+,21+/m1/s1. The molecular weight excluding hydrogens is 528 g/mol. The molecule has 3 aliphatic heterocycles. The summed E-state index contributed by atoms with van der Waals surface area (Å²) in [7, 11) is 5.95. The molecule has 0 saturated carbocycles. The van der Waals surface area contributed by atoms with Crippen molar-refractivity contribution in [1.82, 2.24) is 15.1 Å². The van der Waals surface area contributed by atoms with E-state index < -0.39 is 36.0 Å². The highest BCUT2D eigenvalue weighted by atomic mass is 32.2. The number of likely N-dealkylation sites (N-methyl/N-ethyl adjacent to an activating group) is 2. The van der Waals surface area contributed by atoms with Crippen molar-refractivity contribution >= 4 is 34.8 Å². The third-order valence-corrected chi connectivity index (χ3v) is 7.39. The van der Waals surface area contributed by atoms with E-state index in [9.17, 15) is 19.6 Å². The molecule has 3 aliphatic rings. The first-order valence-electron chi connectivity index (χ1n) is 11.9. The van der Waals surface area contributed by atoms with E-state index in [1.807, 2.05) is 0 Å². The van der Waals surface area contributed by atoms with Crippen molar-refractivity contribution in [1.29, 1.82) is 5.26 Å². The zero-order valence-corrected chi connectivity index (χ0v) is 22.8. The molecule has 1 fully saturated rings. The number of rotatable bonds is 7. The molecule has 1 aromatic carbocycles. The van der Waals surface area contributed by atoms with Gasteiger partial charge in [-0.3, -0.25) is 9.69 Å². The largest absolute Gasteiger partial charge is 0.493 e. The minimum absolute atomic E-state index is 0.0372. The predicted octanol–water partition coefficient (Wildman–Crippen LogP) is 1.24. The number of amides is 3. The summed E-state index contributed by atoms with van der Waals surface area (Å²) in [5.74, 6) is -1.04. The SMILES string of the molecule is CCOC(=O)C1=C(CSC2=N[C@@H]3[C@H](N2)C(=O)N(C)C(=O)N3C)OC(N)=C(C#N)[C@H]1c1ccc(OC)c(OC)c1. The second-order valence-corrected chi connectivity index (χ2v) is 9.61. The highest BCUT2D eigenvalue weighted by molar-refractivity contribution is 8.14. The summed E-state index contributed by atoms with van der Waals surface area (Å²) in [5.41, 5.74) is 6.83. The number of thioether (sulfide) groups is 1. The van der Waals surface area contributed by atoms with E-state index in [1.165, 1.54) is 26.2 Å². The topological polar surface area (TPSA) is 169 Å². The molecule has 13 nitrogen and oxygen atoms in total. The lowest BCUT2D eigenvalue weighted by atomic mass is 9.83. The summed E-state index contributed by atoms with van der Waals surface area (Å²) in [6.45, 7) is 1.76. The van der Waals surface area contributed by atoms with Gasteiger partial charge in [-0.05, 0) is 24.6 Å². The van der Waals surface area contributed by atoms with Crippen LogP contribution in [-0.4, -0.2) is 85.8 Å². The predicted molar refractivity (Wildman–Crippen MR) is 140 cm³/mol. The van der Waals surface area contributed by atoms with Gasteiger partial charge < -0.3 is 34.9 Å². The Labute approximate surface area is 229 Å². The van der Waals surface area contributed by atoms with Gasteiger partial charge in [0.15, 0.2) is 22.8 Å². The van der Waals surface area contributed by atoms with Crippen molar-refractivity contribution in [3.05, 3.63) is 46.6 Å². The number of nitrogens with zero attached hydrogens (tertiary/aromatic N) is 4. The fourth-order valence-electron chi connectivity index (χ4n) is 4.53. The molecule has 0 bridgehead atoms. The van der Waals surface area contributed by atoms with Crippen molar-refractivity contribution in [2.45, 2.75) is 25.0 Å². The van der Waals surface area contributed by atoms with Crippen molar-refractivity contribution in [2.24, 2.45) is 10.7 Å². The summed E-state index contributed by atoms with van der Waals surface area (Å²) in [4.78, 5) is 45.1. The number of urea groups is 1. The Morgan fingerprint density at radius 1 is 1.26 bits per heavy atom. The minimum Gasteiger partial charge on any atom is -0.493 e. The molecule has 3 heterocycles. The van der Waals surface area contributed by atoms with E-state index in [-0.39, 0.29) is 35.1 Å². The minimum atomic E-state index is -0.904. The second-order valence-electron chi connectivity index (χ2n) is 8.65. The molecule has 4 rings (SSSR count). The maximum Gasteiger partial charge on any atom is 0.338 e. The molecule has 3 N–H and O–H groups in total. The normalized spacial score (nSPS) is 22.6. The Balaban J connectivity index is 1.71. The molecule has 0 radical (unpaired) electrons. The van der Waals surface area contributed by atoms with Crippen LogP contribution in [0.2, 0.25) is 0 Å². The molecule has 206 valence electrons. The number of fused-ring (bicyclic) bond motifs is 1. The third kappa shape index (κ3) is 4.92. The van der Waals surface area contributed by atoms with Gasteiger partial charge in [0.1, 0.15) is 23.4 Å². The van der Waals surface area contributed by atoms with Gasteiger partial charge >= 0.3 is 12.0 Å². The Morgan fingerprint density at radius 3 is 2.62 bits per heavy atom. The molecule has 3 atom stereocenters. The van der Waals surface area contributed by atoms with Gasteiger partial charge in [0, 0.05) is 14.1 Å². The number of imide groups is 1. The number of allylic oxidation sites excluding steroid dienone is 1. The van der Waals surface area contributed by atoms with E-state index in [2.05, 4.69) is 16.4 Å². The number of ether oxygens (including phenoxy) is 4. The van der Waals surface area contributed by atoms with Gasteiger partial charge in [-0.15, -0.1) is 0 Å². The van der Waals surface area contributed by atoms with E-state index >= 15 is 0 Å². The van der Waals surface area contributed by atoms with Crippen LogP contribution in [0.25, 0.3) is 0 Å².